The normalized spacial score (nSPS) is 9.27. The van der Waals surface area contributed by atoms with Gasteiger partial charge in [0.05, 0.1) is 6.57 Å². The first-order valence-electron chi connectivity index (χ1n) is 2.67. The van der Waals surface area contributed by atoms with Crippen LogP contribution >= 0.6 is 0 Å². The molecule has 0 amide bonds. The Hall–Kier alpha value is -1.50. The van der Waals surface area contributed by atoms with Gasteiger partial charge in [0.25, 0.3) is 0 Å². The molecule has 0 aliphatic rings. The van der Waals surface area contributed by atoms with Gasteiger partial charge in [-0.3, -0.25) is 0 Å². The molecule has 4 heteroatoms. The van der Waals surface area contributed by atoms with Gasteiger partial charge in [0.2, 0.25) is 5.69 Å². The molecule has 0 atom stereocenters. The molecule has 1 nitrogen and oxygen atoms in total. The maximum atomic E-state index is 12.4. The largest absolute Gasteiger partial charge is 0.235 e. The van der Waals surface area contributed by atoms with Crippen LogP contribution in [0.5, 0.6) is 0 Å². The zero-order chi connectivity index (χ0) is 8.43. The van der Waals surface area contributed by atoms with E-state index < -0.39 is 23.1 Å². The van der Waals surface area contributed by atoms with Gasteiger partial charge in [-0.2, -0.15) is 0 Å². The summed E-state index contributed by atoms with van der Waals surface area (Å²) in [4.78, 5) is 2.64. The Morgan fingerprint density at radius 1 is 1.00 bits per heavy atom. The van der Waals surface area contributed by atoms with Crippen LogP contribution in [0.15, 0.2) is 12.1 Å². The van der Waals surface area contributed by atoms with E-state index >= 15 is 0 Å². The van der Waals surface area contributed by atoms with E-state index in [0.717, 1.165) is 0 Å². The zero-order valence-corrected chi connectivity index (χ0v) is 5.24. The molecule has 0 radical (unpaired) electrons. The second-order valence-electron chi connectivity index (χ2n) is 1.83. The van der Waals surface area contributed by atoms with E-state index in [1.165, 1.54) is 0 Å². The maximum absolute atomic E-state index is 12.4. The first kappa shape index (κ1) is 7.61. The number of benzene rings is 1. The standard InChI is InChI=1S/C7H2F3N/c1-11-7-3-5(9)4(8)2-6(7)10/h2-3H. The summed E-state index contributed by atoms with van der Waals surface area (Å²) >= 11 is 0. The highest BCUT2D eigenvalue weighted by Crippen LogP contribution is 2.20. The van der Waals surface area contributed by atoms with Crippen LogP contribution in [0, 0.1) is 24.0 Å². The summed E-state index contributed by atoms with van der Waals surface area (Å²) in [7, 11) is 0. The van der Waals surface area contributed by atoms with E-state index in [1.54, 1.807) is 0 Å². The Bertz CT molecular complexity index is 327. The van der Waals surface area contributed by atoms with E-state index in [0.29, 0.717) is 12.1 Å². The molecule has 11 heavy (non-hydrogen) atoms. The summed E-state index contributed by atoms with van der Waals surface area (Å²) in [5, 5.41) is 0. The molecular weight excluding hydrogens is 155 g/mol. The summed E-state index contributed by atoms with van der Waals surface area (Å²) < 4.78 is 36.8. The third kappa shape index (κ3) is 1.32. The monoisotopic (exact) mass is 157 g/mol. The molecule has 0 fully saturated rings. The molecule has 0 aromatic heterocycles. The van der Waals surface area contributed by atoms with E-state index in [4.69, 9.17) is 6.57 Å². The van der Waals surface area contributed by atoms with Crippen LogP contribution in [0.1, 0.15) is 0 Å². The lowest BCUT2D eigenvalue weighted by atomic mass is 10.3. The van der Waals surface area contributed by atoms with Gasteiger partial charge in [0.1, 0.15) is 11.6 Å². The molecule has 1 aromatic carbocycles. The Kier molecular flexibility index (Phi) is 1.81. The van der Waals surface area contributed by atoms with Crippen molar-refractivity contribution in [1.29, 1.82) is 0 Å². The van der Waals surface area contributed by atoms with E-state index in [2.05, 4.69) is 4.85 Å². The summed E-state index contributed by atoms with van der Waals surface area (Å²) in [5.74, 6) is -3.54. The fourth-order valence-corrected chi connectivity index (χ4v) is 0.598. The van der Waals surface area contributed by atoms with Crippen molar-refractivity contribution < 1.29 is 13.2 Å². The maximum Gasteiger partial charge on any atom is 0.225 e. The minimum absolute atomic E-state index is 0.350. The lowest BCUT2D eigenvalue weighted by Crippen LogP contribution is -1.84. The van der Waals surface area contributed by atoms with Gasteiger partial charge in [-0.25, -0.2) is 18.0 Å². The Morgan fingerprint density at radius 3 is 2.09 bits per heavy atom. The van der Waals surface area contributed by atoms with Crippen LogP contribution in [0.25, 0.3) is 4.85 Å². The molecule has 0 spiro atoms. The second-order valence-corrected chi connectivity index (χ2v) is 1.83. The van der Waals surface area contributed by atoms with Crippen molar-refractivity contribution in [3.63, 3.8) is 0 Å². The van der Waals surface area contributed by atoms with E-state index in [9.17, 15) is 13.2 Å². The van der Waals surface area contributed by atoms with Gasteiger partial charge in [-0.1, -0.05) is 0 Å². The predicted octanol–water partition coefficient (Wildman–Crippen LogP) is 2.65. The summed E-state index contributed by atoms with van der Waals surface area (Å²) in [5.41, 5.74) is -0.510. The van der Waals surface area contributed by atoms with Gasteiger partial charge in [-0.05, 0) is 6.07 Å². The van der Waals surface area contributed by atoms with Gasteiger partial charge >= 0.3 is 0 Å². The average molecular weight is 157 g/mol. The minimum Gasteiger partial charge on any atom is -0.235 e. The molecule has 0 saturated heterocycles. The molecule has 0 aliphatic carbocycles. The first-order chi connectivity index (χ1) is 5.15. The van der Waals surface area contributed by atoms with Crippen molar-refractivity contribution in [2.75, 3.05) is 0 Å². The summed E-state index contributed by atoms with van der Waals surface area (Å²) in [6, 6.07) is 0.875. The van der Waals surface area contributed by atoms with Crippen LogP contribution in [-0.4, -0.2) is 0 Å². The fourth-order valence-electron chi connectivity index (χ4n) is 0.598. The van der Waals surface area contributed by atoms with Crippen molar-refractivity contribution in [3.05, 3.63) is 41.0 Å². The number of halogens is 3. The quantitative estimate of drug-likeness (QED) is 0.402. The highest BCUT2D eigenvalue weighted by molar-refractivity contribution is 5.45. The van der Waals surface area contributed by atoms with E-state index in [1.807, 2.05) is 0 Å². The van der Waals surface area contributed by atoms with Crippen LogP contribution in [0.2, 0.25) is 0 Å². The number of hydrogen-bond donors (Lipinski definition) is 0. The zero-order valence-electron chi connectivity index (χ0n) is 5.24. The smallest absolute Gasteiger partial charge is 0.225 e. The van der Waals surface area contributed by atoms with Crippen LogP contribution in [0.4, 0.5) is 18.9 Å². The molecule has 0 aliphatic heterocycles. The minimum atomic E-state index is -1.28. The van der Waals surface area contributed by atoms with Crippen molar-refractivity contribution in [1.82, 2.24) is 0 Å². The van der Waals surface area contributed by atoms with E-state index in [-0.39, 0.29) is 0 Å². The van der Waals surface area contributed by atoms with Crippen LogP contribution in [-0.2, 0) is 0 Å². The fraction of sp³-hybridized carbons (Fsp3) is 0. The Balaban J connectivity index is 3.35. The average Bonchev–Trinajstić information content (AvgIpc) is 1.97. The van der Waals surface area contributed by atoms with Crippen LogP contribution in [0.3, 0.4) is 0 Å². The molecule has 0 bridgehead atoms. The molecular formula is C7H2F3N. The number of rotatable bonds is 0. The molecule has 0 unspecified atom stereocenters. The lowest BCUT2D eigenvalue weighted by molar-refractivity contribution is 0.497. The first-order valence-corrected chi connectivity index (χ1v) is 2.67. The molecule has 0 heterocycles. The van der Waals surface area contributed by atoms with Gasteiger partial charge in [0, 0.05) is 6.07 Å². The molecule has 1 aromatic rings. The van der Waals surface area contributed by atoms with Crippen molar-refractivity contribution in [3.8, 4) is 0 Å². The highest BCUT2D eigenvalue weighted by Gasteiger charge is 2.08. The predicted molar refractivity (Wildman–Crippen MR) is 32.6 cm³/mol. The number of hydrogen-bond acceptors (Lipinski definition) is 0. The van der Waals surface area contributed by atoms with Gasteiger partial charge < -0.3 is 0 Å². The number of nitrogens with zero attached hydrogens (tertiary/aromatic N) is 1. The SMILES string of the molecule is [C-]#[N+]c1cc(F)c(F)cc1F. The molecule has 0 N–H and O–H groups in total. The third-order valence-electron chi connectivity index (χ3n) is 1.11. The molecule has 0 saturated carbocycles. The summed E-state index contributed by atoms with van der Waals surface area (Å²) in [6.07, 6.45) is 0. The summed E-state index contributed by atoms with van der Waals surface area (Å²) in [6.45, 7) is 6.35. The van der Waals surface area contributed by atoms with Crippen molar-refractivity contribution in [2.45, 2.75) is 0 Å². The van der Waals surface area contributed by atoms with Crippen molar-refractivity contribution >= 4 is 5.69 Å². The lowest BCUT2D eigenvalue weighted by Gasteiger charge is -1.94. The van der Waals surface area contributed by atoms with Gasteiger partial charge in [-0.15, -0.1) is 0 Å². The Morgan fingerprint density at radius 2 is 1.55 bits per heavy atom. The Labute approximate surface area is 60.9 Å². The highest BCUT2D eigenvalue weighted by atomic mass is 19.2. The third-order valence-corrected chi connectivity index (χ3v) is 1.11. The molecule has 56 valence electrons. The van der Waals surface area contributed by atoms with Gasteiger partial charge in [0.15, 0.2) is 5.82 Å². The topological polar surface area (TPSA) is 4.36 Å². The molecule has 1 rings (SSSR count). The second kappa shape index (κ2) is 2.62. The van der Waals surface area contributed by atoms with Crippen LogP contribution < -0.4 is 0 Å². The van der Waals surface area contributed by atoms with Crippen molar-refractivity contribution in [2.24, 2.45) is 0 Å².